The zero-order valence-electron chi connectivity index (χ0n) is 23.2. The molecular weight excluding hydrogens is 486 g/mol. The number of ether oxygens (including phenoxy) is 5. The van der Waals surface area contributed by atoms with Crippen LogP contribution in [0.4, 0.5) is 0 Å². The average Bonchev–Trinajstić information content (AvgIpc) is 2.93. The Morgan fingerprint density at radius 2 is 1.61 bits per heavy atom. The van der Waals surface area contributed by atoms with Gasteiger partial charge in [0.2, 0.25) is 5.75 Å². The van der Waals surface area contributed by atoms with Crippen LogP contribution in [-0.2, 0) is 0 Å². The Balaban J connectivity index is 1.82. The van der Waals surface area contributed by atoms with Crippen LogP contribution in [0, 0.1) is 5.92 Å². The Morgan fingerprint density at radius 1 is 0.921 bits per heavy atom. The molecule has 0 spiro atoms. The fraction of sp³-hybridized carbons (Fsp3) is 0.567. The SMILES string of the molecule is CCOc1cc(C(=O)N2CC[C@@]3(O)CCCC[C@@H]3[C@@H]2c2ccc(OC)cc2OC)cc(OCC)c1OCC. The third kappa shape index (κ3) is 5.37. The summed E-state index contributed by atoms with van der Waals surface area (Å²) in [5, 5.41) is 11.7. The zero-order valence-corrected chi connectivity index (χ0v) is 23.2. The van der Waals surface area contributed by atoms with Gasteiger partial charge in [-0.3, -0.25) is 4.79 Å². The summed E-state index contributed by atoms with van der Waals surface area (Å²) in [5.74, 6) is 2.51. The lowest BCUT2D eigenvalue weighted by Gasteiger charge is -2.52. The number of benzene rings is 2. The van der Waals surface area contributed by atoms with Crippen molar-refractivity contribution in [1.29, 1.82) is 0 Å². The molecule has 8 heteroatoms. The summed E-state index contributed by atoms with van der Waals surface area (Å²) in [6.45, 7) is 7.40. The molecule has 0 radical (unpaired) electrons. The maximum atomic E-state index is 14.3. The summed E-state index contributed by atoms with van der Waals surface area (Å²) in [7, 11) is 3.23. The van der Waals surface area contributed by atoms with Gasteiger partial charge in [0.1, 0.15) is 11.5 Å². The highest BCUT2D eigenvalue weighted by molar-refractivity contribution is 5.96. The van der Waals surface area contributed by atoms with Crippen molar-refractivity contribution < 1.29 is 33.6 Å². The predicted molar refractivity (Wildman–Crippen MR) is 145 cm³/mol. The first-order valence-electron chi connectivity index (χ1n) is 13.7. The van der Waals surface area contributed by atoms with Crippen molar-refractivity contribution in [3.8, 4) is 28.7 Å². The number of carbonyl (C=O) groups excluding carboxylic acids is 1. The molecule has 0 aromatic heterocycles. The van der Waals surface area contributed by atoms with E-state index in [1.807, 2.05) is 43.9 Å². The minimum absolute atomic E-state index is 0.114. The van der Waals surface area contributed by atoms with Gasteiger partial charge in [-0.2, -0.15) is 0 Å². The Bertz CT molecular complexity index is 1090. The van der Waals surface area contributed by atoms with Crippen molar-refractivity contribution in [2.75, 3.05) is 40.6 Å². The van der Waals surface area contributed by atoms with Gasteiger partial charge >= 0.3 is 0 Å². The molecule has 3 atom stereocenters. The van der Waals surface area contributed by atoms with E-state index in [0.717, 1.165) is 31.2 Å². The molecule has 1 amide bonds. The number of methoxy groups -OCH3 is 2. The van der Waals surface area contributed by atoms with Crippen molar-refractivity contribution in [3.63, 3.8) is 0 Å². The van der Waals surface area contributed by atoms with E-state index in [1.165, 1.54) is 0 Å². The molecule has 1 N–H and O–H groups in total. The van der Waals surface area contributed by atoms with E-state index >= 15 is 0 Å². The molecule has 8 nitrogen and oxygen atoms in total. The number of piperidine rings is 1. The molecule has 1 heterocycles. The molecule has 1 aliphatic heterocycles. The molecule has 0 unspecified atom stereocenters. The van der Waals surface area contributed by atoms with Gasteiger partial charge < -0.3 is 33.7 Å². The van der Waals surface area contributed by atoms with Crippen LogP contribution in [0.15, 0.2) is 30.3 Å². The van der Waals surface area contributed by atoms with Gasteiger partial charge in [-0.1, -0.05) is 12.8 Å². The molecular formula is C30H41NO7. The maximum absolute atomic E-state index is 14.3. The molecule has 208 valence electrons. The van der Waals surface area contributed by atoms with Crippen LogP contribution in [-0.4, -0.2) is 62.1 Å². The minimum Gasteiger partial charge on any atom is -0.497 e. The highest BCUT2D eigenvalue weighted by Crippen LogP contribution is 2.52. The van der Waals surface area contributed by atoms with Crippen molar-refractivity contribution in [3.05, 3.63) is 41.5 Å². The van der Waals surface area contributed by atoms with Gasteiger partial charge in [0.25, 0.3) is 5.91 Å². The number of nitrogens with zero attached hydrogens (tertiary/aromatic N) is 1. The average molecular weight is 528 g/mol. The highest BCUT2D eigenvalue weighted by Gasteiger charge is 2.51. The van der Waals surface area contributed by atoms with Crippen molar-refractivity contribution in [2.24, 2.45) is 5.92 Å². The van der Waals surface area contributed by atoms with Gasteiger partial charge in [-0.15, -0.1) is 0 Å². The third-order valence-corrected chi connectivity index (χ3v) is 7.74. The van der Waals surface area contributed by atoms with Crippen LogP contribution in [0.1, 0.15) is 74.8 Å². The first kappa shape index (κ1) is 27.9. The lowest BCUT2D eigenvalue weighted by atomic mass is 9.66. The topological polar surface area (TPSA) is 86.7 Å². The number of carbonyl (C=O) groups is 1. The van der Waals surface area contributed by atoms with Crippen LogP contribution >= 0.6 is 0 Å². The summed E-state index contributed by atoms with van der Waals surface area (Å²) in [4.78, 5) is 16.2. The molecule has 2 fully saturated rings. The largest absolute Gasteiger partial charge is 0.497 e. The Morgan fingerprint density at radius 3 is 2.21 bits per heavy atom. The van der Waals surface area contributed by atoms with Gasteiger partial charge in [0, 0.05) is 29.7 Å². The van der Waals surface area contributed by atoms with Crippen LogP contribution in [0.2, 0.25) is 0 Å². The molecule has 2 aromatic carbocycles. The Hall–Kier alpha value is -3.13. The van der Waals surface area contributed by atoms with Crippen LogP contribution in [0.25, 0.3) is 0 Å². The van der Waals surface area contributed by atoms with E-state index in [4.69, 9.17) is 23.7 Å². The lowest BCUT2D eigenvalue weighted by Crippen LogP contribution is -2.56. The second-order valence-electron chi connectivity index (χ2n) is 9.86. The smallest absolute Gasteiger partial charge is 0.254 e. The molecule has 2 aliphatic rings. The number of rotatable bonds is 10. The van der Waals surface area contributed by atoms with E-state index in [9.17, 15) is 9.90 Å². The molecule has 1 saturated carbocycles. The molecule has 38 heavy (non-hydrogen) atoms. The predicted octanol–water partition coefficient (Wildman–Crippen LogP) is 5.41. The van der Waals surface area contributed by atoms with E-state index in [2.05, 4.69) is 0 Å². The third-order valence-electron chi connectivity index (χ3n) is 7.74. The molecule has 4 rings (SSSR count). The summed E-state index contributed by atoms with van der Waals surface area (Å²) >= 11 is 0. The monoisotopic (exact) mass is 527 g/mol. The summed E-state index contributed by atoms with van der Waals surface area (Å²) < 4.78 is 28.8. The molecule has 2 aromatic rings. The van der Waals surface area contributed by atoms with Gasteiger partial charge in [-0.05, 0) is 64.3 Å². The number of hydrogen-bond acceptors (Lipinski definition) is 7. The Labute approximate surface area is 225 Å². The highest BCUT2D eigenvalue weighted by atomic mass is 16.5. The van der Waals surface area contributed by atoms with E-state index in [1.54, 1.807) is 26.4 Å². The number of aliphatic hydroxyl groups is 1. The lowest BCUT2D eigenvalue weighted by molar-refractivity contribution is -0.115. The summed E-state index contributed by atoms with van der Waals surface area (Å²) in [6, 6.07) is 8.80. The van der Waals surface area contributed by atoms with Crippen molar-refractivity contribution >= 4 is 5.91 Å². The second kappa shape index (κ2) is 12.2. The number of amides is 1. The first-order chi connectivity index (χ1) is 18.4. The van der Waals surface area contributed by atoms with Crippen LogP contribution in [0.3, 0.4) is 0 Å². The number of likely N-dealkylation sites (tertiary alicyclic amines) is 1. The second-order valence-corrected chi connectivity index (χ2v) is 9.86. The quantitative estimate of drug-likeness (QED) is 0.442. The zero-order chi connectivity index (χ0) is 27.3. The normalized spacial score (nSPS) is 22.8. The van der Waals surface area contributed by atoms with E-state index in [0.29, 0.717) is 67.1 Å². The van der Waals surface area contributed by atoms with Gasteiger partial charge in [0.05, 0.1) is 45.7 Å². The Kier molecular flexibility index (Phi) is 8.92. The van der Waals surface area contributed by atoms with Crippen LogP contribution in [0.5, 0.6) is 28.7 Å². The first-order valence-corrected chi connectivity index (χ1v) is 13.7. The van der Waals surface area contributed by atoms with Crippen LogP contribution < -0.4 is 23.7 Å². The van der Waals surface area contributed by atoms with E-state index in [-0.39, 0.29) is 17.9 Å². The van der Waals surface area contributed by atoms with E-state index < -0.39 is 5.60 Å². The van der Waals surface area contributed by atoms with Gasteiger partial charge in [-0.25, -0.2) is 0 Å². The summed E-state index contributed by atoms with van der Waals surface area (Å²) in [6.07, 6.45) is 4.10. The maximum Gasteiger partial charge on any atom is 0.254 e. The summed E-state index contributed by atoms with van der Waals surface area (Å²) in [5.41, 5.74) is 0.503. The van der Waals surface area contributed by atoms with Gasteiger partial charge in [0.15, 0.2) is 11.5 Å². The standard InChI is InChI=1S/C30H41NO7/c1-6-36-25-17-20(18-26(37-7-2)28(25)38-8-3)29(32)31-16-15-30(33)14-10-9-11-23(30)27(31)22-13-12-21(34-4)19-24(22)35-5/h12-13,17-19,23,27,33H,6-11,14-16H2,1-5H3/t23-,27+,30+/m1/s1. The molecule has 1 saturated heterocycles. The number of hydrogen-bond donors (Lipinski definition) is 1. The van der Waals surface area contributed by atoms with Crippen molar-refractivity contribution in [1.82, 2.24) is 4.90 Å². The minimum atomic E-state index is -0.823. The number of fused-ring (bicyclic) bond motifs is 1. The molecule has 0 bridgehead atoms. The fourth-order valence-corrected chi connectivity index (χ4v) is 6.04. The molecule has 1 aliphatic carbocycles. The fourth-order valence-electron chi connectivity index (χ4n) is 6.04. The van der Waals surface area contributed by atoms with Crippen molar-refractivity contribution in [2.45, 2.75) is 64.5 Å².